The number of quaternary nitrogens is 1. The quantitative estimate of drug-likeness (QED) is 0.0675. The lowest BCUT2D eigenvalue weighted by Crippen LogP contribution is -2.41. The van der Waals surface area contributed by atoms with E-state index >= 15 is 0 Å². The second kappa shape index (κ2) is 18.7. The highest BCUT2D eigenvalue weighted by Crippen LogP contribution is 2.20. The maximum atomic E-state index is 10.7. The maximum Gasteiger partial charge on any atom is 0.485 e. The van der Waals surface area contributed by atoms with Gasteiger partial charge in [0.15, 0.2) is 10.1 Å². The average molecular weight is 527 g/mol. The molecule has 0 amide bonds. The molecule has 0 aromatic heterocycles. The molecular formula is C21H43BrF3NO3S. The van der Waals surface area contributed by atoms with Crippen LogP contribution in [0.15, 0.2) is 0 Å². The van der Waals surface area contributed by atoms with Crippen LogP contribution in [0.1, 0.15) is 96.8 Å². The van der Waals surface area contributed by atoms with Gasteiger partial charge in [-0.15, -0.1) is 0 Å². The van der Waals surface area contributed by atoms with Crippen LogP contribution in [-0.4, -0.2) is 55.5 Å². The average Bonchev–Trinajstić information content (AvgIpc) is 2.60. The zero-order chi connectivity index (χ0) is 23.5. The van der Waals surface area contributed by atoms with Gasteiger partial charge in [-0.2, -0.15) is 13.2 Å². The van der Waals surface area contributed by atoms with Crippen molar-refractivity contribution in [1.29, 1.82) is 0 Å². The van der Waals surface area contributed by atoms with E-state index in [9.17, 15) is 13.2 Å². The molecule has 0 unspecified atom stereocenters. The molecule has 4 nitrogen and oxygen atoms in total. The van der Waals surface area contributed by atoms with Crippen LogP contribution < -0.4 is 0 Å². The lowest BCUT2D eigenvalue weighted by atomic mass is 10.0. The van der Waals surface area contributed by atoms with Gasteiger partial charge in [0.25, 0.3) is 0 Å². The van der Waals surface area contributed by atoms with Crippen molar-refractivity contribution in [1.82, 2.24) is 0 Å². The highest BCUT2D eigenvalue weighted by molar-refractivity contribution is 9.09. The summed E-state index contributed by atoms with van der Waals surface area (Å²) < 4.78 is 60.1. The fourth-order valence-electron chi connectivity index (χ4n) is 3.07. The fraction of sp³-hybridized carbons (Fsp3) is 1.00. The first-order chi connectivity index (χ1) is 13.9. The topological polar surface area (TPSA) is 57.2 Å². The molecule has 0 aliphatic heterocycles. The second-order valence-corrected chi connectivity index (χ2v) is 10.7. The van der Waals surface area contributed by atoms with Gasteiger partial charge >= 0.3 is 5.51 Å². The van der Waals surface area contributed by atoms with E-state index in [2.05, 4.69) is 36.9 Å². The zero-order valence-electron chi connectivity index (χ0n) is 19.1. The third-order valence-corrected chi connectivity index (χ3v) is 6.01. The van der Waals surface area contributed by atoms with Gasteiger partial charge in [-0.1, -0.05) is 99.9 Å². The molecule has 0 radical (unpaired) electrons. The predicted molar refractivity (Wildman–Crippen MR) is 122 cm³/mol. The van der Waals surface area contributed by atoms with Crippen molar-refractivity contribution < 1.29 is 30.6 Å². The van der Waals surface area contributed by atoms with Crippen LogP contribution in [0.2, 0.25) is 0 Å². The molecular weight excluding hydrogens is 483 g/mol. The van der Waals surface area contributed by atoms with E-state index in [-0.39, 0.29) is 0 Å². The Morgan fingerprint density at radius 2 is 1.03 bits per heavy atom. The molecule has 0 saturated heterocycles. The van der Waals surface area contributed by atoms with Gasteiger partial charge in [-0.3, -0.25) is 0 Å². The molecule has 0 atom stereocenters. The highest BCUT2D eigenvalue weighted by Gasteiger charge is 2.36. The summed E-state index contributed by atoms with van der Waals surface area (Å²) in [6, 6.07) is 0. The van der Waals surface area contributed by atoms with E-state index in [1.54, 1.807) is 0 Å². The Kier molecular flexibility index (Phi) is 20.1. The van der Waals surface area contributed by atoms with E-state index in [1.165, 1.54) is 107 Å². The molecule has 30 heavy (non-hydrogen) atoms. The van der Waals surface area contributed by atoms with Crippen molar-refractivity contribution in [3.63, 3.8) is 0 Å². The largest absolute Gasteiger partial charge is 0.741 e. The lowest BCUT2D eigenvalue weighted by Gasteiger charge is -2.29. The van der Waals surface area contributed by atoms with Gasteiger partial charge in [0.2, 0.25) is 0 Å². The molecule has 0 N–H and O–H groups in total. The minimum Gasteiger partial charge on any atom is -0.741 e. The van der Waals surface area contributed by atoms with Crippen LogP contribution in [0.25, 0.3) is 0 Å². The monoisotopic (exact) mass is 525 g/mol. The SMILES string of the molecule is CCCCCCCCCCCCCCCC[N+](C)(C)CCBr.O=S(=O)([O-])C(F)(F)F. The van der Waals surface area contributed by atoms with Crippen LogP contribution in [0, 0.1) is 0 Å². The Hall–Kier alpha value is 0.140. The van der Waals surface area contributed by atoms with Gasteiger partial charge in [0.1, 0.15) is 0 Å². The third kappa shape index (κ3) is 22.8. The first-order valence-electron chi connectivity index (χ1n) is 11.3. The molecule has 0 bridgehead atoms. The normalized spacial score (nSPS) is 12.5. The number of alkyl halides is 4. The van der Waals surface area contributed by atoms with Crippen LogP contribution in [0.4, 0.5) is 13.2 Å². The Bertz CT molecular complexity index is 486. The number of rotatable bonds is 17. The predicted octanol–water partition coefficient (Wildman–Crippen LogP) is 6.99. The van der Waals surface area contributed by atoms with Crippen molar-refractivity contribution in [3.05, 3.63) is 0 Å². The van der Waals surface area contributed by atoms with Crippen molar-refractivity contribution in [2.75, 3.05) is 32.5 Å². The molecule has 0 spiro atoms. The third-order valence-electron chi connectivity index (χ3n) is 5.09. The summed E-state index contributed by atoms with van der Waals surface area (Å²) in [5, 5.41) is 1.12. The van der Waals surface area contributed by atoms with E-state index in [0.717, 1.165) is 5.33 Å². The molecule has 184 valence electrons. The summed E-state index contributed by atoms with van der Waals surface area (Å²) in [5.41, 5.74) is -5.65. The Balaban J connectivity index is 0. The molecule has 0 fully saturated rings. The van der Waals surface area contributed by atoms with Crippen LogP contribution >= 0.6 is 15.9 Å². The van der Waals surface area contributed by atoms with E-state index < -0.39 is 15.6 Å². The zero-order valence-corrected chi connectivity index (χ0v) is 21.5. The van der Waals surface area contributed by atoms with Crippen LogP contribution in [0.3, 0.4) is 0 Å². The maximum absolute atomic E-state index is 10.7. The Morgan fingerprint density at radius 3 is 1.30 bits per heavy atom. The molecule has 0 heterocycles. The van der Waals surface area contributed by atoms with Gasteiger partial charge in [0.05, 0.1) is 32.5 Å². The smallest absolute Gasteiger partial charge is 0.485 e. The summed E-state index contributed by atoms with van der Waals surface area (Å²) >= 11 is 3.55. The minimum absolute atomic E-state index is 1.12. The van der Waals surface area contributed by atoms with Gasteiger partial charge in [-0.05, 0) is 12.8 Å². The van der Waals surface area contributed by atoms with E-state index in [0.29, 0.717) is 0 Å². The van der Waals surface area contributed by atoms with Crippen LogP contribution in [-0.2, 0) is 10.1 Å². The van der Waals surface area contributed by atoms with E-state index in [4.69, 9.17) is 13.0 Å². The first kappa shape index (κ1) is 32.3. The molecule has 0 aromatic rings. The van der Waals surface area contributed by atoms with Crippen molar-refractivity contribution in [2.45, 2.75) is 102 Å². The first-order valence-corrected chi connectivity index (χ1v) is 13.8. The standard InChI is InChI=1S/C20H43BrN.CHF3O3S/c1-4-5-6-7-8-9-10-11-12-13-14-15-16-17-19-22(2,3)20-18-21;2-1(3,4)8(5,6)7/h4-20H2,1-3H3;(H,5,6,7)/q+1;/p-1. The number of nitrogens with zero attached hydrogens (tertiary/aromatic N) is 1. The van der Waals surface area contributed by atoms with Crippen LogP contribution in [0.5, 0.6) is 0 Å². The lowest BCUT2D eigenvalue weighted by molar-refractivity contribution is -0.887. The number of hydrogen-bond acceptors (Lipinski definition) is 3. The fourth-order valence-corrected chi connectivity index (χ4v) is 4.04. The summed E-state index contributed by atoms with van der Waals surface area (Å²) in [6.45, 7) is 4.88. The molecule has 0 aliphatic rings. The number of hydrogen-bond donors (Lipinski definition) is 0. The Labute approximate surface area is 191 Å². The molecule has 0 aliphatic carbocycles. The number of unbranched alkanes of at least 4 members (excludes halogenated alkanes) is 13. The summed E-state index contributed by atoms with van der Waals surface area (Å²) in [5.74, 6) is 0. The summed E-state index contributed by atoms with van der Waals surface area (Å²) in [7, 11) is -1.39. The van der Waals surface area contributed by atoms with Gasteiger partial charge < -0.3 is 9.04 Å². The number of halogens is 4. The molecule has 9 heteroatoms. The summed E-state index contributed by atoms with van der Waals surface area (Å²) in [4.78, 5) is 0. The minimum atomic E-state index is -6.09. The van der Waals surface area contributed by atoms with Crippen molar-refractivity contribution in [2.24, 2.45) is 0 Å². The summed E-state index contributed by atoms with van der Waals surface area (Å²) in [6.07, 6.45) is 20.3. The second-order valence-electron chi connectivity index (χ2n) is 8.57. The van der Waals surface area contributed by atoms with Gasteiger partial charge in [0, 0.05) is 0 Å². The van der Waals surface area contributed by atoms with E-state index in [1.807, 2.05) is 0 Å². The molecule has 0 rings (SSSR count). The van der Waals surface area contributed by atoms with Crippen molar-refractivity contribution in [3.8, 4) is 0 Å². The van der Waals surface area contributed by atoms with Gasteiger partial charge in [-0.25, -0.2) is 8.42 Å². The van der Waals surface area contributed by atoms with Crippen molar-refractivity contribution >= 4 is 26.0 Å². The molecule has 0 saturated carbocycles. The Morgan fingerprint density at radius 1 is 0.733 bits per heavy atom. The highest BCUT2D eigenvalue weighted by atomic mass is 79.9. The molecule has 0 aromatic carbocycles.